The first-order valence-corrected chi connectivity index (χ1v) is 9.88. The monoisotopic (exact) mass is 385 g/mol. The van der Waals surface area contributed by atoms with E-state index < -0.39 is 27.4 Å². The molecule has 0 bridgehead atoms. The molecule has 0 N–H and O–H groups in total. The molecule has 1 rings (SSSR count). The zero-order valence-corrected chi connectivity index (χ0v) is 16.9. The number of hydrogen-bond acceptors (Lipinski definition) is 6. The Balaban J connectivity index is 3.25. The Morgan fingerprint density at radius 1 is 1.15 bits per heavy atom. The Morgan fingerprint density at radius 2 is 1.73 bits per heavy atom. The van der Waals surface area contributed by atoms with Crippen LogP contribution < -0.4 is 0 Å². The predicted molar refractivity (Wildman–Crippen MR) is 98.8 cm³/mol. The molecule has 0 saturated heterocycles. The molecule has 0 saturated carbocycles. The number of nitrogens with zero attached hydrogens (tertiary/aromatic N) is 1. The number of benzene rings is 1. The van der Waals surface area contributed by atoms with Gasteiger partial charge in [-0.15, -0.1) is 4.36 Å². The summed E-state index contributed by atoms with van der Waals surface area (Å²) < 4.78 is 32.3. The highest BCUT2D eigenvalue weighted by Crippen LogP contribution is 2.20. The molecule has 0 aliphatic carbocycles. The second-order valence-electron chi connectivity index (χ2n) is 6.77. The summed E-state index contributed by atoms with van der Waals surface area (Å²) >= 11 is 0. The smallest absolute Gasteiger partial charge is 0.442 e. The van der Waals surface area contributed by atoms with Crippen molar-refractivity contribution in [1.82, 2.24) is 0 Å². The maximum Gasteiger partial charge on any atom is 0.442 e. The quantitative estimate of drug-likeness (QED) is 0.694. The molecule has 0 heterocycles. The molecule has 1 aromatic rings. The standard InChI is InChI=1S/C18H27NO6S/c1-13(23-5)11-12-26(22,19-17(21)25-18(2,3)4)15-9-7-14(8-10-15)16(20)24-6/h7-10,13H,11-12H2,1-6H3. The highest BCUT2D eigenvalue weighted by Gasteiger charge is 2.21. The molecular formula is C18H27NO6S. The number of carbonyl (C=O) groups is 2. The minimum Gasteiger partial charge on any atom is -0.465 e. The van der Waals surface area contributed by atoms with Gasteiger partial charge >= 0.3 is 12.1 Å². The van der Waals surface area contributed by atoms with E-state index in [-0.39, 0.29) is 11.9 Å². The summed E-state index contributed by atoms with van der Waals surface area (Å²) in [4.78, 5) is 24.0. The molecule has 8 heteroatoms. The van der Waals surface area contributed by atoms with Crippen LogP contribution in [0.5, 0.6) is 0 Å². The molecule has 0 aromatic heterocycles. The Bertz CT molecular complexity index is 742. The van der Waals surface area contributed by atoms with Gasteiger partial charge in [0, 0.05) is 17.8 Å². The van der Waals surface area contributed by atoms with E-state index in [0.717, 1.165) is 0 Å². The van der Waals surface area contributed by atoms with Crippen LogP contribution in [0.1, 0.15) is 44.5 Å². The topological polar surface area (TPSA) is 91.3 Å². The van der Waals surface area contributed by atoms with Crippen LogP contribution in [0.25, 0.3) is 0 Å². The molecule has 1 amide bonds. The lowest BCUT2D eigenvalue weighted by atomic mass is 10.2. The van der Waals surface area contributed by atoms with Gasteiger partial charge in [-0.3, -0.25) is 0 Å². The predicted octanol–water partition coefficient (Wildman–Crippen LogP) is 3.66. The van der Waals surface area contributed by atoms with Crippen LogP contribution in [-0.4, -0.2) is 47.9 Å². The van der Waals surface area contributed by atoms with Gasteiger partial charge in [0.1, 0.15) is 5.60 Å². The van der Waals surface area contributed by atoms with Crippen LogP contribution in [0.15, 0.2) is 33.5 Å². The number of amides is 1. The van der Waals surface area contributed by atoms with Crippen molar-refractivity contribution < 1.29 is 28.0 Å². The van der Waals surface area contributed by atoms with Gasteiger partial charge < -0.3 is 14.2 Å². The molecule has 0 spiro atoms. The van der Waals surface area contributed by atoms with E-state index in [4.69, 9.17) is 9.47 Å². The van der Waals surface area contributed by atoms with Crippen LogP contribution in [0.2, 0.25) is 0 Å². The number of rotatable bonds is 6. The van der Waals surface area contributed by atoms with Crippen LogP contribution >= 0.6 is 0 Å². The van der Waals surface area contributed by atoms with Crippen molar-refractivity contribution in [2.45, 2.75) is 50.7 Å². The van der Waals surface area contributed by atoms with Crippen LogP contribution in [0, 0.1) is 0 Å². The van der Waals surface area contributed by atoms with E-state index in [2.05, 4.69) is 9.10 Å². The van der Waals surface area contributed by atoms with Gasteiger partial charge in [0.05, 0.1) is 28.5 Å². The normalized spacial score (nSPS) is 14.8. The zero-order chi connectivity index (χ0) is 20.0. The summed E-state index contributed by atoms with van der Waals surface area (Å²) in [6, 6.07) is 6.01. The number of methoxy groups -OCH3 is 2. The fraction of sp³-hybridized carbons (Fsp3) is 0.556. The number of ether oxygens (including phenoxy) is 3. The molecule has 0 aliphatic rings. The Morgan fingerprint density at radius 3 is 2.19 bits per heavy atom. The summed E-state index contributed by atoms with van der Waals surface area (Å²) in [5.41, 5.74) is -0.421. The molecular weight excluding hydrogens is 358 g/mol. The highest BCUT2D eigenvalue weighted by atomic mass is 32.2. The Hall–Kier alpha value is -1.93. The van der Waals surface area contributed by atoms with E-state index in [1.165, 1.54) is 31.4 Å². The van der Waals surface area contributed by atoms with Crippen molar-refractivity contribution in [3.63, 3.8) is 0 Å². The van der Waals surface area contributed by atoms with E-state index >= 15 is 0 Å². The average molecular weight is 385 g/mol. The van der Waals surface area contributed by atoms with Crippen LogP contribution in [0.3, 0.4) is 0 Å². The zero-order valence-electron chi connectivity index (χ0n) is 16.1. The fourth-order valence-electron chi connectivity index (χ4n) is 1.98. The van der Waals surface area contributed by atoms with Gasteiger partial charge in [-0.25, -0.2) is 13.8 Å². The van der Waals surface area contributed by atoms with Gasteiger partial charge in [-0.1, -0.05) is 0 Å². The summed E-state index contributed by atoms with van der Waals surface area (Å²) in [5, 5.41) is 0. The third kappa shape index (κ3) is 6.76. The van der Waals surface area contributed by atoms with Crippen molar-refractivity contribution in [1.29, 1.82) is 0 Å². The maximum absolute atomic E-state index is 13.4. The SMILES string of the molecule is COC(=O)c1ccc(S(=O)(CCC(C)OC)=NC(=O)OC(C)(C)C)cc1. The summed E-state index contributed by atoms with van der Waals surface area (Å²) in [6.07, 6.45) is -0.580. The van der Waals surface area contributed by atoms with E-state index in [1.54, 1.807) is 27.9 Å². The van der Waals surface area contributed by atoms with E-state index in [1.807, 2.05) is 6.92 Å². The molecule has 0 aliphatic heterocycles. The molecule has 0 fully saturated rings. The van der Waals surface area contributed by atoms with Gasteiger partial charge in [0.15, 0.2) is 0 Å². The van der Waals surface area contributed by atoms with Gasteiger partial charge in [0.2, 0.25) is 0 Å². The second-order valence-corrected chi connectivity index (χ2v) is 9.11. The molecule has 0 radical (unpaired) electrons. The highest BCUT2D eigenvalue weighted by molar-refractivity contribution is 7.94. The Kier molecular flexibility index (Phi) is 7.77. The lowest BCUT2D eigenvalue weighted by Crippen LogP contribution is -2.23. The van der Waals surface area contributed by atoms with E-state index in [9.17, 15) is 13.8 Å². The molecule has 2 atom stereocenters. The molecule has 26 heavy (non-hydrogen) atoms. The van der Waals surface area contributed by atoms with E-state index in [0.29, 0.717) is 16.9 Å². The van der Waals surface area contributed by atoms with Crippen LogP contribution in [0.4, 0.5) is 4.79 Å². The lowest BCUT2D eigenvalue weighted by molar-refractivity contribution is 0.0592. The summed E-state index contributed by atoms with van der Waals surface area (Å²) in [6.45, 7) is 6.97. The third-order valence-electron chi connectivity index (χ3n) is 3.46. The molecule has 2 unspecified atom stereocenters. The molecule has 7 nitrogen and oxygen atoms in total. The van der Waals surface area contributed by atoms with Crippen molar-refractivity contribution in [3.8, 4) is 0 Å². The second kappa shape index (κ2) is 9.14. The van der Waals surface area contributed by atoms with Crippen molar-refractivity contribution in [2.75, 3.05) is 20.0 Å². The molecule has 1 aromatic carbocycles. The minimum absolute atomic E-state index is 0.124. The first kappa shape index (κ1) is 22.1. The molecule has 146 valence electrons. The Labute approximate surface area is 155 Å². The van der Waals surface area contributed by atoms with Gasteiger partial charge in [0.25, 0.3) is 0 Å². The first-order chi connectivity index (χ1) is 12.0. The van der Waals surface area contributed by atoms with Crippen molar-refractivity contribution >= 4 is 21.8 Å². The number of hydrogen-bond donors (Lipinski definition) is 0. The minimum atomic E-state index is -3.08. The number of carbonyl (C=O) groups excluding carboxylic acids is 2. The maximum atomic E-state index is 13.4. The van der Waals surface area contributed by atoms with Gasteiger partial charge in [-0.05, 0) is 58.4 Å². The first-order valence-electron chi connectivity index (χ1n) is 8.20. The summed E-state index contributed by atoms with van der Waals surface area (Å²) in [5.74, 6) is -0.376. The van der Waals surface area contributed by atoms with Crippen LogP contribution in [-0.2, 0) is 23.9 Å². The van der Waals surface area contributed by atoms with Crippen molar-refractivity contribution in [3.05, 3.63) is 29.8 Å². The fourth-order valence-corrected chi connectivity index (χ4v) is 3.91. The summed E-state index contributed by atoms with van der Waals surface area (Å²) in [7, 11) is -0.236. The van der Waals surface area contributed by atoms with Gasteiger partial charge in [-0.2, -0.15) is 0 Å². The average Bonchev–Trinajstić information content (AvgIpc) is 2.57. The number of esters is 1. The largest absolute Gasteiger partial charge is 0.465 e. The third-order valence-corrected chi connectivity index (χ3v) is 5.70. The van der Waals surface area contributed by atoms with Crippen molar-refractivity contribution in [2.24, 2.45) is 4.36 Å². The lowest BCUT2D eigenvalue weighted by Gasteiger charge is -2.19.